The number of methoxy groups -OCH3 is 1. The minimum Gasteiger partial charge on any atom is -0.475 e. The highest BCUT2D eigenvalue weighted by Crippen LogP contribution is 2.51. The van der Waals surface area contributed by atoms with Gasteiger partial charge in [-0.3, -0.25) is 10.00 Å². The number of H-pyrrole nitrogens is 1. The lowest BCUT2D eigenvalue weighted by atomic mass is 9.91. The molecule has 0 spiro atoms. The fourth-order valence-corrected chi connectivity index (χ4v) is 8.48. The molecule has 3 atom stereocenters. The number of pyridine rings is 1. The molecule has 1 N–H and O–H groups in total. The monoisotopic (exact) mass is 647 g/mol. The molecule has 0 unspecified atom stereocenters. The van der Waals surface area contributed by atoms with Crippen molar-refractivity contribution in [1.29, 1.82) is 0 Å². The van der Waals surface area contributed by atoms with E-state index in [9.17, 15) is 0 Å². The van der Waals surface area contributed by atoms with Crippen molar-refractivity contribution >= 4 is 39.2 Å². The van der Waals surface area contributed by atoms with Gasteiger partial charge in [-0.05, 0) is 49.7 Å². The second-order valence-corrected chi connectivity index (χ2v) is 13.6. The Labute approximate surface area is 270 Å². The van der Waals surface area contributed by atoms with Gasteiger partial charge in [0.2, 0.25) is 5.88 Å². The summed E-state index contributed by atoms with van der Waals surface area (Å²) in [5.74, 6) is 0.475. The number of hydrogen-bond donors (Lipinski definition) is 1. The minimum absolute atomic E-state index is 0.0190. The second-order valence-electron chi connectivity index (χ2n) is 13.2. The zero-order valence-electron chi connectivity index (χ0n) is 25.7. The van der Waals surface area contributed by atoms with Crippen molar-refractivity contribution in [3.63, 3.8) is 0 Å². The fraction of sp³-hybridized carbons (Fsp3) is 0.515. The number of ether oxygens (including phenoxy) is 4. The third-order valence-electron chi connectivity index (χ3n) is 10.4. The summed E-state index contributed by atoms with van der Waals surface area (Å²) in [6.07, 6.45) is 6.09. The standard InChI is InChI=1S/C33H35ClFN7O4/c1-17-11-33(23(43-2)6-8-41(33)13-17)16-46-32-38-29-26-30(39-32)42-7-3-9-44-14-19(42)15-45-31(26)37-28(27(29)35)25-20-12-36-40-22(20)10-21(34)24(25)18-4-5-18/h10,12,18-19,23H,1,3-9,11,13-16H2,2H3,(H,36,40)/t19-,23-,33-/m0/s1. The number of anilines is 1. The van der Waals surface area contributed by atoms with Crippen LogP contribution in [-0.4, -0.2) is 101 Å². The summed E-state index contributed by atoms with van der Waals surface area (Å²) in [4.78, 5) is 19.1. The Morgan fingerprint density at radius 2 is 2.09 bits per heavy atom. The molecule has 3 saturated heterocycles. The summed E-state index contributed by atoms with van der Waals surface area (Å²) in [7, 11) is 1.74. The Balaban J connectivity index is 1.23. The highest BCUT2D eigenvalue weighted by atomic mass is 35.5. The molecule has 1 aliphatic carbocycles. The summed E-state index contributed by atoms with van der Waals surface area (Å²) >= 11 is 6.85. The van der Waals surface area contributed by atoms with Gasteiger partial charge in [-0.25, -0.2) is 9.37 Å². The van der Waals surface area contributed by atoms with E-state index in [-0.39, 0.29) is 46.7 Å². The summed E-state index contributed by atoms with van der Waals surface area (Å²) in [6, 6.07) is 1.82. The van der Waals surface area contributed by atoms with Gasteiger partial charge in [-0.2, -0.15) is 15.1 Å². The van der Waals surface area contributed by atoms with Gasteiger partial charge in [0.05, 0.1) is 36.0 Å². The first-order valence-corrected chi connectivity index (χ1v) is 16.4. The molecule has 0 radical (unpaired) electrons. The molecule has 1 aromatic carbocycles. The van der Waals surface area contributed by atoms with Crippen molar-refractivity contribution in [3.8, 4) is 23.1 Å². The number of fused-ring (bicyclic) bond motifs is 4. The number of aromatic amines is 1. The van der Waals surface area contributed by atoms with Crippen LogP contribution in [0.15, 0.2) is 24.4 Å². The predicted molar refractivity (Wildman–Crippen MR) is 170 cm³/mol. The minimum atomic E-state index is -0.572. The van der Waals surface area contributed by atoms with Gasteiger partial charge in [-0.1, -0.05) is 23.8 Å². The van der Waals surface area contributed by atoms with E-state index < -0.39 is 5.82 Å². The van der Waals surface area contributed by atoms with Crippen LogP contribution in [0.2, 0.25) is 5.02 Å². The molecule has 7 heterocycles. The molecule has 0 bridgehead atoms. The molecule has 5 aliphatic rings. The van der Waals surface area contributed by atoms with Gasteiger partial charge >= 0.3 is 6.01 Å². The SMILES string of the molecule is C=C1CN2CC[C@H](OC)[C@@]2(COc2nc3c4c(nc(-c5c(C6CC6)c(Cl)cc6[nH]ncc56)c(F)c4n2)OC[C@@H]2COCCCN32)C1. The summed E-state index contributed by atoms with van der Waals surface area (Å²) in [6.45, 7) is 8.32. The Morgan fingerprint density at radius 1 is 1.20 bits per heavy atom. The number of nitrogens with zero attached hydrogens (tertiary/aromatic N) is 6. The van der Waals surface area contributed by atoms with Crippen molar-refractivity contribution in [2.75, 3.05) is 58.1 Å². The molecule has 9 rings (SSSR count). The molecule has 4 fully saturated rings. The largest absolute Gasteiger partial charge is 0.475 e. The van der Waals surface area contributed by atoms with Crippen LogP contribution in [-0.2, 0) is 9.47 Å². The molecule has 0 amide bonds. The first-order chi connectivity index (χ1) is 22.4. The topological polar surface area (TPSA) is 111 Å². The van der Waals surface area contributed by atoms with E-state index in [1.165, 1.54) is 0 Å². The van der Waals surface area contributed by atoms with Crippen molar-refractivity contribution in [1.82, 2.24) is 30.0 Å². The van der Waals surface area contributed by atoms with Gasteiger partial charge < -0.3 is 23.8 Å². The van der Waals surface area contributed by atoms with E-state index in [1.54, 1.807) is 13.3 Å². The van der Waals surface area contributed by atoms with Crippen LogP contribution in [0.3, 0.4) is 0 Å². The molecule has 46 heavy (non-hydrogen) atoms. The number of hydrogen-bond acceptors (Lipinski definition) is 10. The quantitative estimate of drug-likeness (QED) is 0.286. The van der Waals surface area contributed by atoms with E-state index in [1.807, 2.05) is 6.07 Å². The molecule has 240 valence electrons. The average Bonchev–Trinajstić information content (AvgIpc) is 3.68. The molecule has 11 nitrogen and oxygen atoms in total. The smallest absolute Gasteiger partial charge is 0.319 e. The van der Waals surface area contributed by atoms with Crippen LogP contribution < -0.4 is 14.4 Å². The maximum absolute atomic E-state index is 17.2. The summed E-state index contributed by atoms with van der Waals surface area (Å²) < 4.78 is 41.9. The zero-order valence-corrected chi connectivity index (χ0v) is 26.4. The Kier molecular flexibility index (Phi) is 6.68. The summed E-state index contributed by atoms with van der Waals surface area (Å²) in [5.41, 5.74) is 3.21. The van der Waals surface area contributed by atoms with Crippen LogP contribution in [0.25, 0.3) is 33.1 Å². The van der Waals surface area contributed by atoms with Crippen molar-refractivity contribution in [2.24, 2.45) is 0 Å². The van der Waals surface area contributed by atoms with Crippen molar-refractivity contribution in [2.45, 2.75) is 55.7 Å². The Bertz CT molecular complexity index is 1900. The van der Waals surface area contributed by atoms with E-state index in [4.69, 9.17) is 45.5 Å². The van der Waals surface area contributed by atoms with E-state index in [0.717, 1.165) is 61.7 Å². The molecule has 4 aliphatic heterocycles. The highest BCUT2D eigenvalue weighted by molar-refractivity contribution is 6.33. The maximum Gasteiger partial charge on any atom is 0.319 e. The van der Waals surface area contributed by atoms with Crippen LogP contribution >= 0.6 is 11.6 Å². The molecule has 1 saturated carbocycles. The zero-order chi connectivity index (χ0) is 31.2. The number of rotatable bonds is 6. The Morgan fingerprint density at radius 3 is 2.93 bits per heavy atom. The molecule has 3 aromatic heterocycles. The molecular formula is C33H35ClFN7O4. The van der Waals surface area contributed by atoms with E-state index in [2.05, 4.69) is 26.6 Å². The van der Waals surface area contributed by atoms with Crippen LogP contribution in [0.5, 0.6) is 11.9 Å². The molecular weight excluding hydrogens is 613 g/mol. The number of halogens is 2. The summed E-state index contributed by atoms with van der Waals surface area (Å²) in [5, 5.41) is 8.98. The predicted octanol–water partition coefficient (Wildman–Crippen LogP) is 5.02. The number of benzene rings is 1. The third kappa shape index (κ3) is 4.33. The second kappa shape index (κ2) is 10.7. The van der Waals surface area contributed by atoms with E-state index >= 15 is 4.39 Å². The average molecular weight is 648 g/mol. The lowest BCUT2D eigenvalue weighted by molar-refractivity contribution is -0.0119. The van der Waals surface area contributed by atoms with Gasteiger partial charge in [0.25, 0.3) is 0 Å². The first kappa shape index (κ1) is 28.6. The number of nitrogens with one attached hydrogen (secondary N) is 1. The van der Waals surface area contributed by atoms with Gasteiger partial charge in [0, 0.05) is 49.3 Å². The van der Waals surface area contributed by atoms with Crippen molar-refractivity contribution in [3.05, 3.63) is 40.8 Å². The normalized spacial score (nSPS) is 26.2. The number of aromatic nitrogens is 5. The molecule has 4 aromatic rings. The van der Waals surface area contributed by atoms with Crippen LogP contribution in [0.1, 0.15) is 43.6 Å². The third-order valence-corrected chi connectivity index (χ3v) is 10.7. The Hall–Kier alpha value is -3.58. The maximum atomic E-state index is 17.2. The van der Waals surface area contributed by atoms with Gasteiger partial charge in [-0.15, -0.1) is 0 Å². The van der Waals surface area contributed by atoms with E-state index in [0.29, 0.717) is 60.3 Å². The van der Waals surface area contributed by atoms with Crippen LogP contribution in [0.4, 0.5) is 10.2 Å². The lowest BCUT2D eigenvalue weighted by Gasteiger charge is -2.35. The molecule has 13 heteroatoms. The van der Waals surface area contributed by atoms with Crippen molar-refractivity contribution < 1.29 is 23.3 Å². The lowest BCUT2D eigenvalue weighted by Crippen LogP contribution is -2.51. The van der Waals surface area contributed by atoms with Gasteiger partial charge in [0.15, 0.2) is 5.82 Å². The first-order valence-electron chi connectivity index (χ1n) is 16.1. The van der Waals surface area contributed by atoms with Gasteiger partial charge in [0.1, 0.15) is 35.6 Å². The fourth-order valence-electron chi connectivity index (χ4n) is 8.12. The highest BCUT2D eigenvalue weighted by Gasteiger charge is 2.54. The van der Waals surface area contributed by atoms with Crippen LogP contribution in [0, 0.1) is 5.82 Å².